The topological polar surface area (TPSA) is 34.1 Å². The minimum absolute atomic E-state index is 0.0856. The normalized spacial score (nSPS) is 13.7. The van der Waals surface area contributed by atoms with Gasteiger partial charge < -0.3 is 0 Å². The Bertz CT molecular complexity index is 552. The highest BCUT2D eigenvalue weighted by Crippen LogP contribution is 2.43. The van der Waals surface area contributed by atoms with Crippen molar-refractivity contribution >= 4 is 9.84 Å². The third-order valence-electron chi connectivity index (χ3n) is 3.89. The predicted molar refractivity (Wildman–Crippen MR) is 72.0 cm³/mol. The van der Waals surface area contributed by atoms with E-state index < -0.39 is 15.7 Å². The van der Waals surface area contributed by atoms with Crippen LogP contribution in [-0.4, -0.2) is 14.7 Å². The number of rotatable bonds is 2. The summed E-state index contributed by atoms with van der Waals surface area (Å²) in [5.74, 6) is -0.524. The van der Waals surface area contributed by atoms with Crippen LogP contribution in [0.4, 0.5) is 4.39 Å². The maximum Gasteiger partial charge on any atom is 0.175 e. The minimum Gasteiger partial charge on any atom is -0.224 e. The summed E-state index contributed by atoms with van der Waals surface area (Å²) in [4.78, 5) is 0.0856. The molecule has 0 aliphatic rings. The van der Waals surface area contributed by atoms with E-state index >= 15 is 0 Å². The van der Waals surface area contributed by atoms with Crippen molar-refractivity contribution in [2.75, 3.05) is 6.26 Å². The molecule has 0 spiro atoms. The molecule has 1 aromatic rings. The van der Waals surface area contributed by atoms with E-state index in [-0.39, 0.29) is 15.7 Å². The van der Waals surface area contributed by atoms with Crippen LogP contribution >= 0.6 is 0 Å². The van der Waals surface area contributed by atoms with Gasteiger partial charge in [-0.3, -0.25) is 0 Å². The number of hydrogen-bond acceptors (Lipinski definition) is 2. The van der Waals surface area contributed by atoms with Crippen molar-refractivity contribution < 1.29 is 12.8 Å². The van der Waals surface area contributed by atoms with Gasteiger partial charge in [0, 0.05) is 6.26 Å². The molecule has 0 N–H and O–H groups in total. The van der Waals surface area contributed by atoms with Crippen LogP contribution in [-0.2, 0) is 15.3 Å². The SMILES string of the molecule is CC(C)(C)C(C)(C)c1ccc(F)cc1S(C)(=O)=O. The molecule has 0 aromatic heterocycles. The molecule has 18 heavy (non-hydrogen) atoms. The summed E-state index contributed by atoms with van der Waals surface area (Å²) in [6, 6.07) is 4.01. The van der Waals surface area contributed by atoms with E-state index in [2.05, 4.69) is 0 Å². The molecular formula is C14H21FO2S. The summed E-state index contributed by atoms with van der Waals surface area (Å²) < 4.78 is 36.9. The van der Waals surface area contributed by atoms with Crippen LogP contribution in [0.25, 0.3) is 0 Å². The molecule has 0 saturated heterocycles. The highest BCUT2D eigenvalue weighted by molar-refractivity contribution is 7.90. The summed E-state index contributed by atoms with van der Waals surface area (Å²) in [6.45, 7) is 10.1. The lowest BCUT2D eigenvalue weighted by Crippen LogP contribution is -2.35. The average Bonchev–Trinajstić information content (AvgIpc) is 2.13. The van der Waals surface area contributed by atoms with Gasteiger partial charge in [-0.15, -0.1) is 0 Å². The second-order valence-corrected chi connectivity index (χ2v) is 8.27. The van der Waals surface area contributed by atoms with E-state index in [4.69, 9.17) is 0 Å². The molecule has 0 unspecified atom stereocenters. The zero-order chi connectivity index (χ0) is 14.4. The van der Waals surface area contributed by atoms with Gasteiger partial charge in [-0.05, 0) is 28.5 Å². The van der Waals surface area contributed by atoms with Gasteiger partial charge in [0.2, 0.25) is 0 Å². The molecule has 0 saturated carbocycles. The molecule has 0 amide bonds. The van der Waals surface area contributed by atoms with Crippen molar-refractivity contribution in [3.63, 3.8) is 0 Å². The van der Waals surface area contributed by atoms with Gasteiger partial charge in [0.05, 0.1) is 4.90 Å². The van der Waals surface area contributed by atoms with Gasteiger partial charge in [-0.1, -0.05) is 40.7 Å². The van der Waals surface area contributed by atoms with Crippen LogP contribution in [0.2, 0.25) is 0 Å². The van der Waals surface area contributed by atoms with Crippen molar-refractivity contribution in [3.05, 3.63) is 29.6 Å². The molecule has 102 valence electrons. The molecule has 2 nitrogen and oxygen atoms in total. The monoisotopic (exact) mass is 272 g/mol. The Balaban J connectivity index is 3.62. The first-order valence-corrected chi connectivity index (χ1v) is 7.76. The van der Waals surface area contributed by atoms with Gasteiger partial charge >= 0.3 is 0 Å². The Morgan fingerprint density at radius 2 is 1.56 bits per heavy atom. The minimum atomic E-state index is -3.44. The molecule has 0 aliphatic carbocycles. The number of halogens is 1. The van der Waals surface area contributed by atoms with Gasteiger partial charge in [-0.25, -0.2) is 12.8 Å². The summed E-state index contributed by atoms with van der Waals surface area (Å²) in [5, 5.41) is 0. The summed E-state index contributed by atoms with van der Waals surface area (Å²) in [6.07, 6.45) is 1.12. The van der Waals surface area contributed by atoms with Crippen molar-refractivity contribution in [1.82, 2.24) is 0 Å². The van der Waals surface area contributed by atoms with Crippen LogP contribution < -0.4 is 0 Å². The third kappa shape index (κ3) is 2.74. The van der Waals surface area contributed by atoms with Gasteiger partial charge in [0.15, 0.2) is 9.84 Å². The predicted octanol–water partition coefficient (Wildman–Crippen LogP) is 3.55. The van der Waals surface area contributed by atoms with Crippen LogP contribution in [0.3, 0.4) is 0 Å². The molecule has 0 heterocycles. The first-order chi connectivity index (χ1) is 7.87. The Morgan fingerprint density at radius 3 is 1.94 bits per heavy atom. The average molecular weight is 272 g/mol. The smallest absolute Gasteiger partial charge is 0.175 e. The summed E-state index contributed by atoms with van der Waals surface area (Å²) in [5.41, 5.74) is 0.155. The fourth-order valence-electron chi connectivity index (χ4n) is 1.72. The van der Waals surface area contributed by atoms with Crippen molar-refractivity contribution in [2.24, 2.45) is 5.41 Å². The fourth-order valence-corrected chi connectivity index (χ4v) is 2.77. The molecule has 0 radical (unpaired) electrons. The highest BCUT2D eigenvalue weighted by atomic mass is 32.2. The quantitative estimate of drug-likeness (QED) is 0.825. The molecule has 4 heteroatoms. The lowest BCUT2D eigenvalue weighted by atomic mass is 9.65. The summed E-state index contributed by atoms with van der Waals surface area (Å²) in [7, 11) is -3.44. The Kier molecular flexibility index (Phi) is 3.65. The second-order valence-electron chi connectivity index (χ2n) is 6.29. The zero-order valence-electron chi connectivity index (χ0n) is 11.8. The number of benzene rings is 1. The van der Waals surface area contributed by atoms with E-state index in [1.165, 1.54) is 6.07 Å². The molecular weight excluding hydrogens is 251 g/mol. The largest absolute Gasteiger partial charge is 0.224 e. The van der Waals surface area contributed by atoms with E-state index in [0.717, 1.165) is 12.3 Å². The molecule has 0 bridgehead atoms. The van der Waals surface area contributed by atoms with Crippen molar-refractivity contribution in [2.45, 2.75) is 44.9 Å². The van der Waals surface area contributed by atoms with Crippen LogP contribution in [0.1, 0.15) is 40.2 Å². The molecule has 1 rings (SSSR count). The van der Waals surface area contributed by atoms with E-state index in [0.29, 0.717) is 5.56 Å². The van der Waals surface area contributed by atoms with Gasteiger partial charge in [0.25, 0.3) is 0 Å². The summed E-state index contributed by atoms with van der Waals surface area (Å²) >= 11 is 0. The molecule has 0 fully saturated rings. The molecule has 0 aliphatic heterocycles. The Hall–Kier alpha value is -0.900. The van der Waals surface area contributed by atoms with Crippen LogP contribution in [0.15, 0.2) is 23.1 Å². The van der Waals surface area contributed by atoms with Gasteiger partial charge in [-0.2, -0.15) is 0 Å². The molecule has 1 aromatic carbocycles. The molecule has 0 atom stereocenters. The third-order valence-corrected chi connectivity index (χ3v) is 5.03. The van der Waals surface area contributed by atoms with E-state index in [9.17, 15) is 12.8 Å². The van der Waals surface area contributed by atoms with Crippen LogP contribution in [0, 0.1) is 11.2 Å². The standard InChI is InChI=1S/C14H21FO2S/c1-13(2,3)14(4,5)11-8-7-10(15)9-12(11)18(6,16)17/h7-9H,1-6H3. The number of hydrogen-bond donors (Lipinski definition) is 0. The van der Waals surface area contributed by atoms with Crippen LogP contribution in [0.5, 0.6) is 0 Å². The van der Waals surface area contributed by atoms with E-state index in [1.807, 2.05) is 34.6 Å². The maximum atomic E-state index is 13.3. The van der Waals surface area contributed by atoms with Crippen molar-refractivity contribution in [3.8, 4) is 0 Å². The zero-order valence-corrected chi connectivity index (χ0v) is 12.7. The lowest BCUT2D eigenvalue weighted by molar-refractivity contribution is 0.221. The Morgan fingerprint density at radius 1 is 1.06 bits per heavy atom. The Labute approximate surface area is 109 Å². The lowest BCUT2D eigenvalue weighted by Gasteiger charge is -2.40. The maximum absolute atomic E-state index is 13.3. The van der Waals surface area contributed by atoms with E-state index in [1.54, 1.807) is 6.07 Å². The fraction of sp³-hybridized carbons (Fsp3) is 0.571. The number of sulfone groups is 1. The first kappa shape index (κ1) is 15.2. The van der Waals surface area contributed by atoms with Gasteiger partial charge in [0.1, 0.15) is 5.82 Å². The highest BCUT2D eigenvalue weighted by Gasteiger charge is 2.37. The first-order valence-electron chi connectivity index (χ1n) is 5.87. The second kappa shape index (κ2) is 4.34. The van der Waals surface area contributed by atoms with Crippen molar-refractivity contribution in [1.29, 1.82) is 0 Å².